The van der Waals surface area contributed by atoms with Gasteiger partial charge >= 0.3 is 6.61 Å². The summed E-state index contributed by atoms with van der Waals surface area (Å²) >= 11 is 0. The molecule has 0 bridgehead atoms. The van der Waals surface area contributed by atoms with Crippen LogP contribution in [0.3, 0.4) is 0 Å². The molecule has 1 N–H and O–H groups in total. The summed E-state index contributed by atoms with van der Waals surface area (Å²) in [5, 5.41) is 10.4. The Hall–Kier alpha value is -1.92. The monoisotopic (exact) mass is 322 g/mol. The second kappa shape index (κ2) is 6.68. The minimum atomic E-state index is -2.84. The topological polar surface area (TPSA) is 37.6 Å². The highest BCUT2D eigenvalue weighted by Gasteiger charge is 2.25. The third kappa shape index (κ3) is 3.54. The van der Waals surface area contributed by atoms with Crippen molar-refractivity contribution in [2.24, 2.45) is 0 Å². The van der Waals surface area contributed by atoms with Crippen LogP contribution in [0.1, 0.15) is 30.3 Å². The molecular formula is C17H20F2N2O2. The van der Waals surface area contributed by atoms with E-state index >= 15 is 0 Å². The zero-order valence-corrected chi connectivity index (χ0v) is 12.9. The van der Waals surface area contributed by atoms with Crippen molar-refractivity contribution in [1.82, 2.24) is 9.47 Å². The lowest BCUT2D eigenvalue weighted by atomic mass is 10.1. The molecule has 0 radical (unpaired) electrons. The van der Waals surface area contributed by atoms with Crippen molar-refractivity contribution < 1.29 is 18.6 Å². The highest BCUT2D eigenvalue weighted by Crippen LogP contribution is 2.28. The van der Waals surface area contributed by atoms with E-state index in [0.717, 1.165) is 13.1 Å². The number of benzene rings is 1. The van der Waals surface area contributed by atoms with E-state index in [0.29, 0.717) is 12.1 Å². The SMILES string of the molecule is CC1c2cccn2CCN1CC(O)c1ccc(OC(F)F)cc1. The van der Waals surface area contributed by atoms with Gasteiger partial charge in [0.25, 0.3) is 0 Å². The number of fused-ring (bicyclic) bond motifs is 1. The van der Waals surface area contributed by atoms with Crippen LogP contribution < -0.4 is 4.74 Å². The van der Waals surface area contributed by atoms with Crippen LogP contribution >= 0.6 is 0 Å². The van der Waals surface area contributed by atoms with Crippen molar-refractivity contribution in [3.8, 4) is 5.75 Å². The molecule has 2 heterocycles. The second-order valence-corrected chi connectivity index (χ2v) is 5.76. The predicted molar refractivity (Wildman–Crippen MR) is 82.5 cm³/mol. The zero-order valence-electron chi connectivity index (χ0n) is 12.9. The van der Waals surface area contributed by atoms with E-state index in [9.17, 15) is 13.9 Å². The molecule has 2 atom stereocenters. The molecule has 0 saturated carbocycles. The van der Waals surface area contributed by atoms with Crippen molar-refractivity contribution in [2.75, 3.05) is 13.1 Å². The first-order valence-electron chi connectivity index (χ1n) is 7.66. The molecule has 0 spiro atoms. The van der Waals surface area contributed by atoms with Gasteiger partial charge < -0.3 is 14.4 Å². The van der Waals surface area contributed by atoms with Crippen LogP contribution in [-0.4, -0.2) is 34.3 Å². The number of halogens is 2. The summed E-state index contributed by atoms with van der Waals surface area (Å²) in [5.74, 6) is 0.0973. The summed E-state index contributed by atoms with van der Waals surface area (Å²) in [6, 6.07) is 10.5. The molecule has 6 heteroatoms. The number of rotatable bonds is 5. The van der Waals surface area contributed by atoms with Crippen LogP contribution in [0.25, 0.3) is 0 Å². The Balaban J connectivity index is 1.64. The lowest BCUT2D eigenvalue weighted by Crippen LogP contribution is -2.38. The summed E-state index contributed by atoms with van der Waals surface area (Å²) < 4.78 is 30.8. The van der Waals surface area contributed by atoms with Gasteiger partial charge in [0.2, 0.25) is 0 Å². The summed E-state index contributed by atoms with van der Waals surface area (Å²) in [6.45, 7) is 1.56. The molecule has 4 nitrogen and oxygen atoms in total. The fourth-order valence-electron chi connectivity index (χ4n) is 3.08. The maximum Gasteiger partial charge on any atom is 0.387 e. The number of hydrogen-bond donors (Lipinski definition) is 1. The maximum absolute atomic E-state index is 12.1. The van der Waals surface area contributed by atoms with E-state index in [4.69, 9.17) is 0 Å². The third-order valence-electron chi connectivity index (χ3n) is 4.37. The number of nitrogens with zero attached hydrogens (tertiary/aromatic N) is 2. The first-order valence-corrected chi connectivity index (χ1v) is 7.66. The summed E-state index contributed by atoms with van der Waals surface area (Å²) in [5.41, 5.74) is 1.93. The molecule has 1 aromatic heterocycles. The van der Waals surface area contributed by atoms with Crippen LogP contribution in [0.15, 0.2) is 42.6 Å². The largest absolute Gasteiger partial charge is 0.435 e. The molecule has 1 aliphatic rings. The van der Waals surface area contributed by atoms with Crippen LogP contribution in [0.5, 0.6) is 5.75 Å². The lowest BCUT2D eigenvalue weighted by Gasteiger charge is -2.36. The summed E-state index contributed by atoms with van der Waals surface area (Å²) in [4.78, 5) is 2.23. The van der Waals surface area contributed by atoms with E-state index in [1.54, 1.807) is 12.1 Å². The van der Waals surface area contributed by atoms with Gasteiger partial charge in [-0.05, 0) is 36.8 Å². The first-order chi connectivity index (χ1) is 11.0. The maximum atomic E-state index is 12.1. The van der Waals surface area contributed by atoms with E-state index in [2.05, 4.69) is 33.4 Å². The molecule has 0 amide bonds. The van der Waals surface area contributed by atoms with E-state index in [1.807, 2.05) is 6.07 Å². The fourth-order valence-corrected chi connectivity index (χ4v) is 3.08. The minimum Gasteiger partial charge on any atom is -0.435 e. The normalized spacial score (nSPS) is 19.6. The van der Waals surface area contributed by atoms with Crippen molar-refractivity contribution in [3.63, 3.8) is 0 Å². The second-order valence-electron chi connectivity index (χ2n) is 5.76. The lowest BCUT2D eigenvalue weighted by molar-refractivity contribution is -0.0498. The fraction of sp³-hybridized carbons (Fsp3) is 0.412. The van der Waals surface area contributed by atoms with Crippen molar-refractivity contribution in [1.29, 1.82) is 0 Å². The van der Waals surface area contributed by atoms with E-state index in [1.165, 1.54) is 17.8 Å². The van der Waals surface area contributed by atoms with Gasteiger partial charge in [0.05, 0.1) is 6.10 Å². The Morgan fingerprint density at radius 3 is 2.65 bits per heavy atom. The highest BCUT2D eigenvalue weighted by molar-refractivity contribution is 5.28. The Morgan fingerprint density at radius 2 is 1.96 bits per heavy atom. The molecule has 2 aromatic rings. The number of β-amino-alcohol motifs (C(OH)–C–C–N with tert-alkyl or cyclic N) is 1. The van der Waals surface area contributed by atoms with Crippen molar-refractivity contribution in [2.45, 2.75) is 32.2 Å². The van der Waals surface area contributed by atoms with Gasteiger partial charge in [-0.3, -0.25) is 4.90 Å². The summed E-state index contributed by atoms with van der Waals surface area (Å²) in [6.07, 6.45) is 1.40. The van der Waals surface area contributed by atoms with Gasteiger partial charge in [-0.15, -0.1) is 0 Å². The van der Waals surface area contributed by atoms with Gasteiger partial charge in [-0.1, -0.05) is 12.1 Å². The van der Waals surface area contributed by atoms with Gasteiger partial charge in [0.15, 0.2) is 0 Å². The number of ether oxygens (including phenoxy) is 1. The first kappa shape index (κ1) is 16.0. The molecule has 1 aromatic carbocycles. The molecule has 124 valence electrons. The third-order valence-corrected chi connectivity index (χ3v) is 4.37. The number of aromatic nitrogens is 1. The highest BCUT2D eigenvalue weighted by atomic mass is 19.3. The van der Waals surface area contributed by atoms with Crippen LogP contribution in [0.4, 0.5) is 8.78 Å². The Morgan fingerprint density at radius 1 is 1.22 bits per heavy atom. The average molecular weight is 322 g/mol. The molecule has 0 saturated heterocycles. The standard InChI is InChI=1S/C17H20F2N2O2/c1-12-15-3-2-8-20(15)9-10-21(12)11-16(22)13-4-6-14(7-5-13)23-17(18)19/h2-8,12,16-17,22H,9-11H2,1H3. The van der Waals surface area contributed by atoms with Gasteiger partial charge in [-0.25, -0.2) is 0 Å². The quantitative estimate of drug-likeness (QED) is 0.918. The molecule has 23 heavy (non-hydrogen) atoms. The number of aliphatic hydroxyl groups excluding tert-OH is 1. The van der Waals surface area contributed by atoms with Crippen LogP contribution in [0, 0.1) is 0 Å². The van der Waals surface area contributed by atoms with Gasteiger partial charge in [0.1, 0.15) is 5.75 Å². The van der Waals surface area contributed by atoms with E-state index < -0.39 is 12.7 Å². The Kier molecular flexibility index (Phi) is 4.63. The zero-order chi connectivity index (χ0) is 16.4. The van der Waals surface area contributed by atoms with Gasteiger partial charge in [0, 0.05) is 37.6 Å². The summed E-state index contributed by atoms with van der Waals surface area (Å²) in [7, 11) is 0. The average Bonchev–Trinajstić information content (AvgIpc) is 2.99. The predicted octanol–water partition coefficient (Wildman–Crippen LogP) is 3.20. The molecule has 3 rings (SSSR count). The number of alkyl halides is 2. The van der Waals surface area contributed by atoms with Crippen molar-refractivity contribution >= 4 is 0 Å². The van der Waals surface area contributed by atoms with Gasteiger partial charge in [-0.2, -0.15) is 8.78 Å². The molecular weight excluding hydrogens is 302 g/mol. The van der Waals surface area contributed by atoms with Crippen LogP contribution in [-0.2, 0) is 6.54 Å². The van der Waals surface area contributed by atoms with Crippen molar-refractivity contribution in [3.05, 3.63) is 53.9 Å². The number of aliphatic hydroxyl groups is 1. The van der Waals surface area contributed by atoms with Crippen LogP contribution in [0.2, 0.25) is 0 Å². The molecule has 0 aliphatic carbocycles. The number of hydrogen-bond acceptors (Lipinski definition) is 3. The van der Waals surface area contributed by atoms with E-state index in [-0.39, 0.29) is 11.8 Å². The minimum absolute atomic E-state index is 0.0973. The Labute approximate surface area is 133 Å². The molecule has 0 fully saturated rings. The Bertz CT molecular complexity index is 642. The molecule has 2 unspecified atom stereocenters. The molecule has 1 aliphatic heterocycles. The smallest absolute Gasteiger partial charge is 0.387 e.